The molecule has 0 bridgehead atoms. The quantitative estimate of drug-likeness (QED) is 0.210. The number of methoxy groups -OCH3 is 1. The summed E-state index contributed by atoms with van der Waals surface area (Å²) in [5.74, 6) is 2.47. The summed E-state index contributed by atoms with van der Waals surface area (Å²) in [6.45, 7) is -0.143. The number of aromatic nitrogens is 4. The van der Waals surface area contributed by atoms with Crippen molar-refractivity contribution in [2.45, 2.75) is 12.5 Å². The minimum absolute atomic E-state index is 0.143. The molecule has 0 spiro atoms. The number of anilines is 3. The molecule has 0 radical (unpaired) electrons. The number of rotatable bonds is 10. The van der Waals surface area contributed by atoms with Crippen LogP contribution in [0.5, 0.6) is 11.5 Å². The summed E-state index contributed by atoms with van der Waals surface area (Å²) in [6.07, 6.45) is 3.50. The van der Waals surface area contributed by atoms with E-state index in [-0.39, 0.29) is 18.4 Å². The van der Waals surface area contributed by atoms with Crippen LogP contribution in [0.3, 0.4) is 0 Å². The van der Waals surface area contributed by atoms with Gasteiger partial charge in [-0.05, 0) is 36.2 Å². The SMILES string of the molecule is COc1cc(Nc2nc(NC(CO)Cc3ccc(O)cc3)nc(-c3ccccc3)n2)ccc1-c1cnco1. The fourth-order valence-electron chi connectivity index (χ4n) is 3.92. The van der Waals surface area contributed by atoms with Crippen molar-refractivity contribution < 1.29 is 19.4 Å². The van der Waals surface area contributed by atoms with Gasteiger partial charge in [0.25, 0.3) is 0 Å². The molecule has 5 aromatic rings. The number of aliphatic hydroxyl groups excluding tert-OH is 1. The minimum Gasteiger partial charge on any atom is -0.508 e. The highest BCUT2D eigenvalue weighted by Gasteiger charge is 2.15. The first kappa shape index (κ1) is 24.7. The molecule has 10 nitrogen and oxygen atoms in total. The van der Waals surface area contributed by atoms with E-state index in [0.29, 0.717) is 41.3 Å². The van der Waals surface area contributed by atoms with Crippen molar-refractivity contribution >= 4 is 17.6 Å². The summed E-state index contributed by atoms with van der Waals surface area (Å²) in [7, 11) is 1.58. The third kappa shape index (κ3) is 5.88. The van der Waals surface area contributed by atoms with Gasteiger partial charge in [-0.2, -0.15) is 15.0 Å². The molecule has 0 aliphatic carbocycles. The van der Waals surface area contributed by atoms with E-state index in [9.17, 15) is 10.2 Å². The molecule has 0 amide bonds. The predicted molar refractivity (Wildman–Crippen MR) is 143 cm³/mol. The second-order valence-corrected chi connectivity index (χ2v) is 8.47. The van der Waals surface area contributed by atoms with Crippen molar-refractivity contribution in [2.24, 2.45) is 0 Å². The fourth-order valence-corrected chi connectivity index (χ4v) is 3.92. The highest BCUT2D eigenvalue weighted by atomic mass is 16.5. The lowest BCUT2D eigenvalue weighted by Gasteiger charge is -2.18. The lowest BCUT2D eigenvalue weighted by molar-refractivity contribution is 0.273. The first-order chi connectivity index (χ1) is 18.6. The smallest absolute Gasteiger partial charge is 0.232 e. The number of hydrogen-bond donors (Lipinski definition) is 4. The van der Waals surface area contributed by atoms with E-state index in [0.717, 1.165) is 16.7 Å². The van der Waals surface area contributed by atoms with E-state index < -0.39 is 0 Å². The molecule has 1 unspecified atom stereocenters. The van der Waals surface area contributed by atoms with Gasteiger partial charge in [-0.3, -0.25) is 0 Å². The van der Waals surface area contributed by atoms with Gasteiger partial charge in [-0.15, -0.1) is 0 Å². The predicted octanol–water partition coefficient (Wildman–Crippen LogP) is 4.67. The summed E-state index contributed by atoms with van der Waals surface area (Å²) in [6, 6.07) is 21.6. The van der Waals surface area contributed by atoms with Crippen molar-refractivity contribution in [3.05, 3.63) is 91.0 Å². The van der Waals surface area contributed by atoms with Crippen molar-refractivity contribution in [1.29, 1.82) is 0 Å². The molecular weight excluding hydrogens is 484 g/mol. The Morgan fingerprint density at radius 3 is 2.45 bits per heavy atom. The van der Waals surface area contributed by atoms with Crippen LogP contribution in [0.4, 0.5) is 17.6 Å². The summed E-state index contributed by atoms with van der Waals surface area (Å²) >= 11 is 0. The number of aromatic hydroxyl groups is 1. The van der Waals surface area contributed by atoms with Crippen LogP contribution in [0, 0.1) is 0 Å². The molecular formula is C28H26N6O4. The van der Waals surface area contributed by atoms with E-state index >= 15 is 0 Å². The fraction of sp³-hybridized carbons (Fsp3) is 0.143. The number of hydrogen-bond acceptors (Lipinski definition) is 10. The van der Waals surface area contributed by atoms with Gasteiger partial charge in [0.1, 0.15) is 11.5 Å². The highest BCUT2D eigenvalue weighted by Crippen LogP contribution is 2.33. The Morgan fingerprint density at radius 1 is 0.947 bits per heavy atom. The third-order valence-electron chi connectivity index (χ3n) is 5.79. The van der Waals surface area contributed by atoms with Crippen molar-refractivity contribution in [1.82, 2.24) is 19.9 Å². The van der Waals surface area contributed by atoms with Crippen LogP contribution in [-0.4, -0.2) is 49.9 Å². The number of ether oxygens (including phenoxy) is 1. The Morgan fingerprint density at radius 2 is 1.74 bits per heavy atom. The van der Waals surface area contributed by atoms with E-state index in [2.05, 4.69) is 30.6 Å². The zero-order chi connectivity index (χ0) is 26.3. The largest absolute Gasteiger partial charge is 0.508 e. The molecule has 0 aliphatic heterocycles. The van der Waals surface area contributed by atoms with Gasteiger partial charge in [0, 0.05) is 17.3 Å². The number of aliphatic hydroxyl groups is 1. The molecule has 3 aromatic carbocycles. The van der Waals surface area contributed by atoms with Gasteiger partial charge in [0.2, 0.25) is 11.9 Å². The topological polar surface area (TPSA) is 138 Å². The first-order valence-corrected chi connectivity index (χ1v) is 11.9. The van der Waals surface area contributed by atoms with Gasteiger partial charge in [-0.25, -0.2) is 4.98 Å². The minimum atomic E-state index is -0.361. The van der Waals surface area contributed by atoms with Crippen LogP contribution in [0.1, 0.15) is 5.56 Å². The van der Waals surface area contributed by atoms with Gasteiger partial charge in [0.05, 0.1) is 31.5 Å². The summed E-state index contributed by atoms with van der Waals surface area (Å²) in [5.41, 5.74) is 3.23. The molecule has 10 heteroatoms. The molecule has 0 aliphatic rings. The zero-order valence-corrected chi connectivity index (χ0v) is 20.6. The molecule has 0 saturated heterocycles. The van der Waals surface area contributed by atoms with Crippen molar-refractivity contribution in [2.75, 3.05) is 24.4 Å². The Kier molecular flexibility index (Phi) is 7.42. The normalized spacial score (nSPS) is 11.6. The number of nitrogens with zero attached hydrogens (tertiary/aromatic N) is 4. The van der Waals surface area contributed by atoms with Crippen LogP contribution in [-0.2, 0) is 6.42 Å². The number of phenolic OH excluding ortho intramolecular Hbond substituents is 1. The number of nitrogens with one attached hydrogen (secondary N) is 2. The van der Waals surface area contributed by atoms with Crippen LogP contribution < -0.4 is 15.4 Å². The maximum Gasteiger partial charge on any atom is 0.232 e. The standard InChI is InChI=1S/C28H26N6O4/c1-37-24-14-20(9-12-23(24)25-15-29-17-38-25)30-27-32-26(19-5-3-2-4-6-19)33-28(34-27)31-21(16-35)13-18-7-10-22(36)11-8-18/h2-12,14-15,17,21,35-36H,13,16H2,1H3,(H2,30,31,32,33,34). The van der Waals surface area contributed by atoms with E-state index in [1.54, 1.807) is 25.4 Å². The zero-order valence-electron chi connectivity index (χ0n) is 20.6. The van der Waals surface area contributed by atoms with Crippen molar-refractivity contribution in [3.8, 4) is 34.2 Å². The molecule has 0 fully saturated rings. The number of benzene rings is 3. The lowest BCUT2D eigenvalue weighted by atomic mass is 10.1. The Balaban J connectivity index is 1.44. The Bertz CT molecular complexity index is 1480. The molecule has 5 rings (SSSR count). The van der Waals surface area contributed by atoms with Gasteiger partial charge < -0.3 is 30.0 Å². The highest BCUT2D eigenvalue weighted by molar-refractivity contribution is 5.71. The van der Waals surface area contributed by atoms with E-state index in [1.807, 2.05) is 60.7 Å². The number of phenols is 1. The van der Waals surface area contributed by atoms with Crippen LogP contribution in [0.25, 0.3) is 22.7 Å². The molecule has 2 heterocycles. The second kappa shape index (κ2) is 11.4. The van der Waals surface area contributed by atoms with Crippen LogP contribution in [0.2, 0.25) is 0 Å². The van der Waals surface area contributed by atoms with Gasteiger partial charge in [-0.1, -0.05) is 42.5 Å². The molecule has 0 saturated carbocycles. The van der Waals surface area contributed by atoms with E-state index in [1.165, 1.54) is 6.39 Å². The van der Waals surface area contributed by atoms with E-state index in [4.69, 9.17) is 9.15 Å². The van der Waals surface area contributed by atoms with Crippen LogP contribution >= 0.6 is 0 Å². The average Bonchev–Trinajstić information content (AvgIpc) is 3.49. The molecule has 1 atom stereocenters. The summed E-state index contributed by atoms with van der Waals surface area (Å²) in [4.78, 5) is 17.8. The summed E-state index contributed by atoms with van der Waals surface area (Å²) < 4.78 is 11.0. The van der Waals surface area contributed by atoms with Gasteiger partial charge >= 0.3 is 0 Å². The van der Waals surface area contributed by atoms with Crippen molar-refractivity contribution in [3.63, 3.8) is 0 Å². The molecule has 4 N–H and O–H groups in total. The molecule has 2 aromatic heterocycles. The Hall–Kier alpha value is -4.96. The third-order valence-corrected chi connectivity index (χ3v) is 5.79. The average molecular weight is 511 g/mol. The maximum absolute atomic E-state index is 10.0. The van der Waals surface area contributed by atoms with Gasteiger partial charge in [0.15, 0.2) is 18.0 Å². The lowest BCUT2D eigenvalue weighted by Crippen LogP contribution is -2.27. The molecule has 192 valence electrons. The first-order valence-electron chi connectivity index (χ1n) is 11.9. The second-order valence-electron chi connectivity index (χ2n) is 8.47. The summed E-state index contributed by atoms with van der Waals surface area (Å²) in [5, 5.41) is 26.0. The van der Waals surface area contributed by atoms with Crippen LogP contribution in [0.15, 0.2) is 89.8 Å². The monoisotopic (exact) mass is 510 g/mol. The maximum atomic E-state index is 10.0. The molecule has 38 heavy (non-hydrogen) atoms. The number of oxazole rings is 1. The Labute approximate surface area is 219 Å².